The van der Waals surface area contributed by atoms with Crippen molar-refractivity contribution in [1.82, 2.24) is 14.8 Å². The van der Waals surface area contributed by atoms with Crippen molar-refractivity contribution in [2.45, 2.75) is 25.7 Å². The number of fused-ring (bicyclic) bond motifs is 1. The molecule has 0 aliphatic rings. The molecule has 0 bridgehead atoms. The zero-order valence-corrected chi connectivity index (χ0v) is 16.6. The van der Waals surface area contributed by atoms with Crippen LogP contribution >= 0.6 is 0 Å². The third kappa shape index (κ3) is 3.25. The molecule has 0 fully saturated rings. The van der Waals surface area contributed by atoms with Crippen LogP contribution in [-0.4, -0.2) is 23.2 Å². The number of rotatable bonds is 4. The fourth-order valence-corrected chi connectivity index (χ4v) is 4.01. The van der Waals surface area contributed by atoms with Gasteiger partial charge in [0.2, 0.25) is 5.88 Å². The second-order valence-electron chi connectivity index (χ2n) is 6.66. The Kier molecular flexibility index (Phi) is 4.39. The van der Waals surface area contributed by atoms with E-state index >= 15 is 0 Å². The fraction of sp³-hybridized carbons (Fsp3) is 0.143. The Morgan fingerprint density at radius 3 is 2.29 bits per heavy atom. The van der Waals surface area contributed by atoms with Crippen LogP contribution in [0.25, 0.3) is 16.7 Å². The van der Waals surface area contributed by atoms with Crippen molar-refractivity contribution in [2.75, 3.05) is 0 Å². The summed E-state index contributed by atoms with van der Waals surface area (Å²) >= 11 is 0. The molecule has 0 unspecified atom stereocenters. The maximum absolute atomic E-state index is 12.6. The molecular weight excluding hydrogens is 374 g/mol. The third-order valence-corrected chi connectivity index (χ3v) is 5.73. The first-order valence-corrected chi connectivity index (χ1v) is 10.2. The van der Waals surface area contributed by atoms with E-state index in [1.165, 1.54) is 12.1 Å². The van der Waals surface area contributed by atoms with Gasteiger partial charge in [-0.25, -0.2) is 4.68 Å². The number of aromatic nitrogens is 3. The van der Waals surface area contributed by atoms with Crippen LogP contribution in [0.1, 0.15) is 16.8 Å². The topological polar surface area (TPSA) is 74.1 Å². The Labute approximate surface area is 163 Å². The van der Waals surface area contributed by atoms with E-state index in [-0.39, 0.29) is 10.8 Å². The largest absolute Gasteiger partial charge is 0.358 e. The van der Waals surface area contributed by atoms with Gasteiger partial charge >= 0.3 is 10.1 Å². The molecule has 0 saturated carbocycles. The minimum Gasteiger partial charge on any atom is -0.358 e. The number of nitrogens with zero attached hydrogens (tertiary/aromatic N) is 3. The SMILES string of the molecule is Cc1ccc(S(=O)(=O)Oc2cc(C)c3c(C)nn(-c4ccccc4)c3n2)cc1. The lowest BCUT2D eigenvalue weighted by Gasteiger charge is -2.09. The van der Waals surface area contributed by atoms with Crippen molar-refractivity contribution in [3.63, 3.8) is 0 Å². The van der Waals surface area contributed by atoms with E-state index in [0.717, 1.165) is 27.9 Å². The van der Waals surface area contributed by atoms with Gasteiger partial charge in [0.05, 0.1) is 11.4 Å². The average molecular weight is 393 g/mol. The van der Waals surface area contributed by atoms with Crippen LogP contribution in [0.2, 0.25) is 0 Å². The molecule has 2 heterocycles. The van der Waals surface area contributed by atoms with E-state index in [1.54, 1.807) is 22.9 Å². The molecule has 2 aromatic carbocycles. The van der Waals surface area contributed by atoms with Gasteiger partial charge in [0, 0.05) is 11.5 Å². The predicted octanol–water partition coefficient (Wildman–Crippen LogP) is 4.11. The zero-order valence-electron chi connectivity index (χ0n) is 15.7. The summed E-state index contributed by atoms with van der Waals surface area (Å²) in [4.78, 5) is 4.55. The Hall–Kier alpha value is -3.19. The summed E-state index contributed by atoms with van der Waals surface area (Å²) in [5, 5.41) is 5.45. The summed E-state index contributed by atoms with van der Waals surface area (Å²) in [6.45, 7) is 5.68. The van der Waals surface area contributed by atoms with Crippen LogP contribution in [0.5, 0.6) is 5.88 Å². The van der Waals surface area contributed by atoms with E-state index in [1.807, 2.05) is 51.1 Å². The van der Waals surface area contributed by atoms with Gasteiger partial charge in [-0.3, -0.25) is 0 Å². The Balaban J connectivity index is 1.82. The summed E-state index contributed by atoms with van der Waals surface area (Å²) in [5.41, 5.74) is 4.02. The van der Waals surface area contributed by atoms with Gasteiger partial charge in [0.1, 0.15) is 4.90 Å². The molecule has 0 amide bonds. The molecular formula is C21H19N3O3S. The summed E-state index contributed by atoms with van der Waals surface area (Å²) in [6, 6.07) is 17.7. The standard InChI is InChI=1S/C21H19N3O3S/c1-14-9-11-18(12-10-14)28(25,26)27-19-13-15(2)20-16(3)23-24(21(20)22-19)17-7-5-4-6-8-17/h4-13H,1-3H3. The molecule has 7 heteroatoms. The number of hydrogen-bond donors (Lipinski definition) is 0. The van der Waals surface area contributed by atoms with Crippen molar-refractivity contribution < 1.29 is 12.6 Å². The van der Waals surface area contributed by atoms with Crippen LogP contribution in [0, 0.1) is 20.8 Å². The van der Waals surface area contributed by atoms with Gasteiger partial charge in [0.25, 0.3) is 0 Å². The Morgan fingerprint density at radius 1 is 0.929 bits per heavy atom. The fourth-order valence-electron chi connectivity index (χ4n) is 3.13. The molecule has 0 spiro atoms. The lowest BCUT2D eigenvalue weighted by molar-refractivity contribution is 0.476. The highest BCUT2D eigenvalue weighted by Crippen LogP contribution is 2.28. The lowest BCUT2D eigenvalue weighted by atomic mass is 10.2. The van der Waals surface area contributed by atoms with Gasteiger partial charge in [-0.15, -0.1) is 0 Å². The molecule has 2 aromatic heterocycles. The minimum atomic E-state index is -3.98. The monoisotopic (exact) mass is 393 g/mol. The molecule has 142 valence electrons. The van der Waals surface area contributed by atoms with E-state index in [9.17, 15) is 8.42 Å². The highest BCUT2D eigenvalue weighted by Gasteiger charge is 2.20. The number of benzene rings is 2. The van der Waals surface area contributed by atoms with Crippen molar-refractivity contribution in [1.29, 1.82) is 0 Å². The second kappa shape index (κ2) is 6.76. The maximum Gasteiger partial charge on any atom is 0.340 e. The van der Waals surface area contributed by atoms with Gasteiger partial charge < -0.3 is 4.18 Å². The van der Waals surface area contributed by atoms with Crippen LogP contribution in [0.4, 0.5) is 0 Å². The molecule has 28 heavy (non-hydrogen) atoms. The quantitative estimate of drug-likeness (QED) is 0.488. The van der Waals surface area contributed by atoms with Crippen molar-refractivity contribution in [2.24, 2.45) is 0 Å². The van der Waals surface area contributed by atoms with Crippen molar-refractivity contribution in [3.05, 3.63) is 77.5 Å². The molecule has 0 saturated heterocycles. The second-order valence-corrected chi connectivity index (χ2v) is 8.21. The lowest BCUT2D eigenvalue weighted by Crippen LogP contribution is -2.11. The highest BCUT2D eigenvalue weighted by atomic mass is 32.2. The van der Waals surface area contributed by atoms with E-state index in [0.29, 0.717) is 5.65 Å². The molecule has 4 aromatic rings. The molecule has 0 aliphatic heterocycles. The van der Waals surface area contributed by atoms with Gasteiger partial charge in [-0.2, -0.15) is 18.5 Å². The molecule has 6 nitrogen and oxygen atoms in total. The van der Waals surface area contributed by atoms with E-state index in [4.69, 9.17) is 4.18 Å². The van der Waals surface area contributed by atoms with Crippen LogP contribution in [0.3, 0.4) is 0 Å². The van der Waals surface area contributed by atoms with E-state index < -0.39 is 10.1 Å². The van der Waals surface area contributed by atoms with Crippen LogP contribution < -0.4 is 4.18 Å². The number of para-hydroxylation sites is 1. The summed E-state index contributed by atoms with van der Waals surface area (Å²) in [7, 11) is -3.98. The van der Waals surface area contributed by atoms with Gasteiger partial charge in [0.15, 0.2) is 5.65 Å². The van der Waals surface area contributed by atoms with E-state index in [2.05, 4.69) is 10.1 Å². The van der Waals surface area contributed by atoms with Crippen molar-refractivity contribution >= 4 is 21.2 Å². The molecule has 0 N–H and O–H groups in total. The van der Waals surface area contributed by atoms with Crippen LogP contribution in [0.15, 0.2) is 65.6 Å². The number of pyridine rings is 1. The first-order chi connectivity index (χ1) is 13.3. The summed E-state index contributed by atoms with van der Waals surface area (Å²) in [5.74, 6) is 0.0163. The number of hydrogen-bond acceptors (Lipinski definition) is 5. The van der Waals surface area contributed by atoms with Crippen LogP contribution in [-0.2, 0) is 10.1 Å². The summed E-state index contributed by atoms with van der Waals surface area (Å²) < 4.78 is 32.3. The average Bonchev–Trinajstić information content (AvgIpc) is 2.99. The normalized spacial score (nSPS) is 11.7. The highest BCUT2D eigenvalue weighted by molar-refractivity contribution is 7.87. The first-order valence-electron chi connectivity index (χ1n) is 8.79. The predicted molar refractivity (Wildman–Crippen MR) is 107 cm³/mol. The third-order valence-electron chi connectivity index (χ3n) is 4.49. The molecule has 4 rings (SSSR count). The smallest absolute Gasteiger partial charge is 0.340 e. The van der Waals surface area contributed by atoms with Gasteiger partial charge in [-0.05, 0) is 50.6 Å². The minimum absolute atomic E-state index is 0.0163. The summed E-state index contributed by atoms with van der Waals surface area (Å²) in [6.07, 6.45) is 0. The van der Waals surface area contributed by atoms with Gasteiger partial charge in [-0.1, -0.05) is 35.9 Å². The maximum atomic E-state index is 12.6. The van der Waals surface area contributed by atoms with Crippen molar-refractivity contribution in [3.8, 4) is 11.6 Å². The molecule has 0 atom stereocenters. The molecule has 0 radical (unpaired) electrons. The molecule has 0 aliphatic carbocycles. The zero-order chi connectivity index (χ0) is 19.9. The Bertz CT molecular complexity index is 1260. The number of aryl methyl sites for hydroxylation is 3. The first kappa shape index (κ1) is 18.2. The Morgan fingerprint density at radius 2 is 1.61 bits per heavy atom.